The second kappa shape index (κ2) is 6.12. The van der Waals surface area contributed by atoms with Gasteiger partial charge in [-0.3, -0.25) is 0 Å². The second-order valence-electron chi connectivity index (χ2n) is 5.03. The lowest BCUT2D eigenvalue weighted by atomic mass is 9.96. The maximum Gasteiger partial charge on any atom is 0.259 e. The van der Waals surface area contributed by atoms with E-state index in [0.29, 0.717) is 27.4 Å². The lowest BCUT2D eigenvalue weighted by Crippen LogP contribution is -2.31. The van der Waals surface area contributed by atoms with Crippen LogP contribution in [0.5, 0.6) is 0 Å². The Bertz CT molecular complexity index is 594. The van der Waals surface area contributed by atoms with Crippen LogP contribution >= 0.6 is 23.2 Å². The largest absolute Gasteiger partial charge is 0.334 e. The summed E-state index contributed by atoms with van der Waals surface area (Å²) in [6.45, 7) is 2.12. The average molecular weight is 312 g/mol. The van der Waals surface area contributed by atoms with Gasteiger partial charge in [-0.15, -0.1) is 0 Å². The van der Waals surface area contributed by atoms with Crippen LogP contribution < -0.4 is 5.32 Å². The summed E-state index contributed by atoms with van der Waals surface area (Å²) in [5, 5.41) is 8.36. The molecule has 1 N–H and O–H groups in total. The normalized spacial score (nSPS) is 19.2. The van der Waals surface area contributed by atoms with Gasteiger partial charge in [-0.25, -0.2) is 0 Å². The molecule has 0 bridgehead atoms. The van der Waals surface area contributed by atoms with Gasteiger partial charge >= 0.3 is 0 Å². The van der Waals surface area contributed by atoms with E-state index in [4.69, 9.17) is 27.7 Å². The third kappa shape index (κ3) is 2.97. The Morgan fingerprint density at radius 1 is 1.35 bits per heavy atom. The Morgan fingerprint density at radius 3 is 3.05 bits per heavy atom. The topological polar surface area (TPSA) is 51.0 Å². The van der Waals surface area contributed by atoms with E-state index in [2.05, 4.69) is 15.5 Å². The van der Waals surface area contributed by atoms with Gasteiger partial charge in [0.25, 0.3) is 5.89 Å². The SMILES string of the molecule is Clc1cccc(-c2nc(CC3CCCNC3)no2)c1Cl. The molecule has 0 spiro atoms. The Labute approximate surface area is 127 Å². The number of piperidine rings is 1. The molecule has 20 heavy (non-hydrogen) atoms. The number of hydrogen-bond acceptors (Lipinski definition) is 4. The number of nitrogens with zero attached hydrogens (tertiary/aromatic N) is 2. The molecule has 0 radical (unpaired) electrons. The van der Waals surface area contributed by atoms with E-state index in [0.717, 1.165) is 25.3 Å². The van der Waals surface area contributed by atoms with Crippen molar-refractivity contribution in [1.82, 2.24) is 15.5 Å². The molecule has 4 nitrogen and oxygen atoms in total. The summed E-state index contributed by atoms with van der Waals surface area (Å²) in [6.07, 6.45) is 3.24. The highest BCUT2D eigenvalue weighted by atomic mass is 35.5. The molecule has 2 heterocycles. The molecule has 6 heteroatoms. The highest BCUT2D eigenvalue weighted by Gasteiger charge is 2.18. The van der Waals surface area contributed by atoms with Gasteiger partial charge in [0.1, 0.15) is 0 Å². The van der Waals surface area contributed by atoms with Crippen molar-refractivity contribution in [3.63, 3.8) is 0 Å². The summed E-state index contributed by atoms with van der Waals surface area (Å²) in [5.74, 6) is 1.73. The fraction of sp³-hybridized carbons (Fsp3) is 0.429. The predicted octanol–water partition coefficient (Wildman–Crippen LogP) is 3.59. The average Bonchev–Trinajstić information content (AvgIpc) is 2.91. The Balaban J connectivity index is 1.77. The quantitative estimate of drug-likeness (QED) is 0.941. The number of nitrogens with one attached hydrogen (secondary N) is 1. The highest BCUT2D eigenvalue weighted by molar-refractivity contribution is 6.43. The predicted molar refractivity (Wildman–Crippen MR) is 79.1 cm³/mol. The van der Waals surface area contributed by atoms with Gasteiger partial charge in [0, 0.05) is 6.42 Å². The molecular weight excluding hydrogens is 297 g/mol. The maximum atomic E-state index is 6.16. The summed E-state index contributed by atoms with van der Waals surface area (Å²) in [6, 6.07) is 5.38. The molecule has 1 unspecified atom stereocenters. The van der Waals surface area contributed by atoms with Crippen molar-refractivity contribution in [1.29, 1.82) is 0 Å². The molecule has 1 saturated heterocycles. The molecule has 1 aliphatic rings. The van der Waals surface area contributed by atoms with E-state index >= 15 is 0 Å². The Hall–Kier alpha value is -1.10. The summed E-state index contributed by atoms with van der Waals surface area (Å²) < 4.78 is 5.30. The summed E-state index contributed by atoms with van der Waals surface area (Å²) in [5.41, 5.74) is 0.680. The second-order valence-corrected chi connectivity index (χ2v) is 5.82. The van der Waals surface area contributed by atoms with Crippen LogP contribution in [-0.4, -0.2) is 23.2 Å². The van der Waals surface area contributed by atoms with E-state index in [1.54, 1.807) is 6.07 Å². The molecule has 1 atom stereocenters. The number of rotatable bonds is 3. The third-order valence-corrected chi connectivity index (χ3v) is 4.34. The van der Waals surface area contributed by atoms with Gasteiger partial charge in [-0.1, -0.05) is 34.4 Å². The van der Waals surface area contributed by atoms with Gasteiger partial charge in [-0.2, -0.15) is 4.98 Å². The van der Waals surface area contributed by atoms with Crippen molar-refractivity contribution < 1.29 is 4.52 Å². The summed E-state index contributed by atoms with van der Waals surface area (Å²) >= 11 is 12.2. The Kier molecular flexibility index (Phi) is 4.24. The Morgan fingerprint density at radius 2 is 2.25 bits per heavy atom. The molecule has 0 amide bonds. The molecular formula is C14H15Cl2N3O. The number of halogens is 2. The van der Waals surface area contributed by atoms with Crippen LogP contribution in [0.4, 0.5) is 0 Å². The molecule has 106 valence electrons. The van der Waals surface area contributed by atoms with Crippen LogP contribution in [0.25, 0.3) is 11.5 Å². The van der Waals surface area contributed by atoms with E-state index in [1.807, 2.05) is 12.1 Å². The van der Waals surface area contributed by atoms with Crippen LogP contribution in [-0.2, 0) is 6.42 Å². The van der Waals surface area contributed by atoms with Gasteiger partial charge in [0.15, 0.2) is 5.82 Å². The molecule has 2 aromatic rings. The van der Waals surface area contributed by atoms with E-state index in [9.17, 15) is 0 Å². The molecule has 1 aromatic carbocycles. The van der Waals surface area contributed by atoms with Gasteiger partial charge < -0.3 is 9.84 Å². The minimum atomic E-state index is 0.427. The molecule has 0 saturated carbocycles. The van der Waals surface area contributed by atoms with Crippen molar-refractivity contribution in [3.8, 4) is 11.5 Å². The van der Waals surface area contributed by atoms with Crippen molar-refractivity contribution >= 4 is 23.2 Å². The van der Waals surface area contributed by atoms with E-state index in [-0.39, 0.29) is 0 Å². The standard InChI is InChI=1S/C14H15Cl2N3O/c15-11-5-1-4-10(13(11)16)14-18-12(19-20-14)7-9-3-2-6-17-8-9/h1,4-5,9,17H,2-3,6-8H2. The smallest absolute Gasteiger partial charge is 0.259 e. The van der Waals surface area contributed by atoms with Crippen molar-refractivity contribution in [3.05, 3.63) is 34.1 Å². The number of aromatic nitrogens is 2. The van der Waals surface area contributed by atoms with E-state index in [1.165, 1.54) is 12.8 Å². The third-order valence-electron chi connectivity index (χ3n) is 3.52. The van der Waals surface area contributed by atoms with Crippen molar-refractivity contribution in [2.75, 3.05) is 13.1 Å². The molecule has 1 fully saturated rings. The number of hydrogen-bond donors (Lipinski definition) is 1. The van der Waals surface area contributed by atoms with Crippen LogP contribution in [0.1, 0.15) is 18.7 Å². The molecule has 1 aromatic heterocycles. The molecule has 1 aliphatic heterocycles. The van der Waals surface area contributed by atoms with Crippen molar-refractivity contribution in [2.45, 2.75) is 19.3 Å². The van der Waals surface area contributed by atoms with Crippen LogP contribution in [0.15, 0.2) is 22.7 Å². The first-order valence-corrected chi connectivity index (χ1v) is 7.47. The van der Waals surface area contributed by atoms with Crippen LogP contribution in [0, 0.1) is 5.92 Å². The lowest BCUT2D eigenvalue weighted by Gasteiger charge is -2.20. The minimum Gasteiger partial charge on any atom is -0.334 e. The zero-order chi connectivity index (χ0) is 13.9. The minimum absolute atomic E-state index is 0.427. The first-order chi connectivity index (χ1) is 9.74. The summed E-state index contributed by atoms with van der Waals surface area (Å²) in [7, 11) is 0. The fourth-order valence-electron chi connectivity index (χ4n) is 2.47. The maximum absolute atomic E-state index is 6.16. The molecule has 3 rings (SSSR count). The lowest BCUT2D eigenvalue weighted by molar-refractivity contribution is 0.360. The highest BCUT2D eigenvalue weighted by Crippen LogP contribution is 2.32. The van der Waals surface area contributed by atoms with Gasteiger partial charge in [0.05, 0.1) is 15.6 Å². The first kappa shape index (κ1) is 13.9. The summed E-state index contributed by atoms with van der Waals surface area (Å²) in [4.78, 5) is 4.43. The van der Waals surface area contributed by atoms with Crippen molar-refractivity contribution in [2.24, 2.45) is 5.92 Å². The van der Waals surface area contributed by atoms with Gasteiger partial charge in [0.2, 0.25) is 0 Å². The zero-order valence-electron chi connectivity index (χ0n) is 10.9. The fourth-order valence-corrected chi connectivity index (χ4v) is 2.85. The van der Waals surface area contributed by atoms with Gasteiger partial charge in [-0.05, 0) is 44.0 Å². The first-order valence-electron chi connectivity index (χ1n) is 6.71. The zero-order valence-corrected chi connectivity index (χ0v) is 12.4. The van der Waals surface area contributed by atoms with Crippen LogP contribution in [0.3, 0.4) is 0 Å². The van der Waals surface area contributed by atoms with Crippen LogP contribution in [0.2, 0.25) is 10.0 Å². The number of benzene rings is 1. The van der Waals surface area contributed by atoms with E-state index < -0.39 is 0 Å². The monoisotopic (exact) mass is 311 g/mol. The molecule has 0 aliphatic carbocycles.